The van der Waals surface area contributed by atoms with E-state index in [9.17, 15) is 4.79 Å². The molecule has 0 bridgehead atoms. The number of nitrogens with two attached hydrogens (primary N) is 1. The SMILES string of the molecule is Nc1cc(Cl)cc(C(=O)OCc2ccc(Br)s2)c1. The Morgan fingerprint density at radius 3 is 2.78 bits per heavy atom. The molecule has 6 heteroatoms. The van der Waals surface area contributed by atoms with Crippen LogP contribution in [0.3, 0.4) is 0 Å². The van der Waals surface area contributed by atoms with Gasteiger partial charge in [-0.25, -0.2) is 4.79 Å². The summed E-state index contributed by atoms with van der Waals surface area (Å²) in [4.78, 5) is 12.7. The fourth-order valence-electron chi connectivity index (χ4n) is 1.38. The topological polar surface area (TPSA) is 52.3 Å². The predicted molar refractivity (Wildman–Crippen MR) is 77.0 cm³/mol. The largest absolute Gasteiger partial charge is 0.456 e. The fourth-order valence-corrected chi connectivity index (χ4v) is 3.02. The highest BCUT2D eigenvalue weighted by Crippen LogP contribution is 2.23. The number of anilines is 1. The second-order valence-electron chi connectivity index (χ2n) is 3.56. The van der Waals surface area contributed by atoms with Crippen LogP contribution in [0.2, 0.25) is 5.02 Å². The van der Waals surface area contributed by atoms with Gasteiger partial charge in [-0.05, 0) is 46.3 Å². The highest BCUT2D eigenvalue weighted by Gasteiger charge is 2.10. The Kier molecular flexibility index (Phi) is 4.27. The van der Waals surface area contributed by atoms with Crippen LogP contribution in [0, 0.1) is 0 Å². The quantitative estimate of drug-likeness (QED) is 0.672. The van der Waals surface area contributed by atoms with Crippen molar-refractivity contribution in [3.8, 4) is 0 Å². The number of thiophene rings is 1. The zero-order chi connectivity index (χ0) is 13.1. The Morgan fingerprint density at radius 2 is 2.17 bits per heavy atom. The minimum Gasteiger partial charge on any atom is -0.456 e. The molecule has 1 aromatic carbocycles. The highest BCUT2D eigenvalue weighted by molar-refractivity contribution is 9.11. The average Bonchev–Trinajstić information content (AvgIpc) is 2.70. The molecule has 2 aromatic rings. The number of ether oxygens (including phenoxy) is 1. The smallest absolute Gasteiger partial charge is 0.338 e. The summed E-state index contributed by atoms with van der Waals surface area (Å²) in [6.45, 7) is 0.238. The first kappa shape index (κ1) is 13.4. The molecular formula is C12H9BrClNO2S. The third kappa shape index (κ3) is 3.48. The summed E-state index contributed by atoms with van der Waals surface area (Å²) in [6.07, 6.45) is 0. The van der Waals surface area contributed by atoms with E-state index in [0.29, 0.717) is 16.3 Å². The molecule has 0 unspecified atom stereocenters. The van der Waals surface area contributed by atoms with Gasteiger partial charge in [0.2, 0.25) is 0 Å². The van der Waals surface area contributed by atoms with Crippen LogP contribution in [-0.2, 0) is 11.3 Å². The number of hydrogen-bond donors (Lipinski definition) is 1. The number of carbonyl (C=O) groups is 1. The lowest BCUT2D eigenvalue weighted by atomic mass is 10.2. The minimum absolute atomic E-state index is 0.238. The third-order valence-corrected chi connectivity index (χ3v) is 3.95. The summed E-state index contributed by atoms with van der Waals surface area (Å²) in [6, 6.07) is 8.46. The summed E-state index contributed by atoms with van der Waals surface area (Å²) in [5, 5.41) is 0.417. The van der Waals surface area contributed by atoms with Crippen LogP contribution in [0.25, 0.3) is 0 Å². The molecule has 18 heavy (non-hydrogen) atoms. The van der Waals surface area contributed by atoms with Gasteiger partial charge >= 0.3 is 5.97 Å². The van der Waals surface area contributed by atoms with Crippen molar-refractivity contribution in [3.05, 3.63) is 49.6 Å². The van der Waals surface area contributed by atoms with Crippen molar-refractivity contribution in [1.29, 1.82) is 0 Å². The summed E-state index contributed by atoms with van der Waals surface area (Å²) in [5.41, 5.74) is 6.41. The number of carbonyl (C=O) groups excluding carboxylic acids is 1. The molecule has 0 aliphatic carbocycles. The number of rotatable bonds is 3. The van der Waals surface area contributed by atoms with Gasteiger partial charge in [-0.1, -0.05) is 11.6 Å². The molecule has 0 radical (unpaired) electrons. The van der Waals surface area contributed by atoms with Gasteiger partial charge < -0.3 is 10.5 Å². The monoisotopic (exact) mass is 345 g/mol. The first-order chi connectivity index (χ1) is 8.54. The lowest BCUT2D eigenvalue weighted by Gasteiger charge is -2.04. The van der Waals surface area contributed by atoms with Crippen LogP contribution in [0.5, 0.6) is 0 Å². The first-order valence-electron chi connectivity index (χ1n) is 5.02. The van der Waals surface area contributed by atoms with Gasteiger partial charge in [-0.2, -0.15) is 0 Å². The highest BCUT2D eigenvalue weighted by atomic mass is 79.9. The van der Waals surface area contributed by atoms with Crippen molar-refractivity contribution in [2.45, 2.75) is 6.61 Å². The molecule has 2 rings (SSSR count). The van der Waals surface area contributed by atoms with Crippen molar-refractivity contribution in [1.82, 2.24) is 0 Å². The van der Waals surface area contributed by atoms with Gasteiger partial charge in [-0.3, -0.25) is 0 Å². The molecular weight excluding hydrogens is 338 g/mol. The fraction of sp³-hybridized carbons (Fsp3) is 0.0833. The van der Waals surface area contributed by atoms with E-state index in [1.54, 1.807) is 12.1 Å². The standard InChI is InChI=1S/C12H9BrClNO2S/c13-11-2-1-10(18-11)6-17-12(16)7-3-8(14)5-9(15)4-7/h1-5H,6,15H2. The number of halogens is 2. The number of esters is 1. The van der Waals surface area contributed by atoms with Crippen LogP contribution >= 0.6 is 38.9 Å². The molecule has 3 nitrogen and oxygen atoms in total. The lowest BCUT2D eigenvalue weighted by molar-refractivity contribution is 0.0477. The summed E-state index contributed by atoms with van der Waals surface area (Å²) < 4.78 is 6.17. The molecule has 0 saturated carbocycles. The summed E-state index contributed by atoms with van der Waals surface area (Å²) in [5.74, 6) is -0.436. The zero-order valence-corrected chi connectivity index (χ0v) is 12.3. The molecule has 0 amide bonds. The van der Waals surface area contributed by atoms with E-state index < -0.39 is 5.97 Å². The molecule has 1 heterocycles. The third-order valence-electron chi connectivity index (χ3n) is 2.13. The van der Waals surface area contributed by atoms with Gasteiger partial charge in [0.15, 0.2) is 0 Å². The molecule has 0 aliphatic heterocycles. The Bertz CT molecular complexity index is 565. The van der Waals surface area contributed by atoms with Gasteiger partial charge in [0.05, 0.1) is 9.35 Å². The normalized spacial score (nSPS) is 10.3. The van der Waals surface area contributed by atoms with E-state index in [-0.39, 0.29) is 6.61 Å². The minimum atomic E-state index is -0.436. The van der Waals surface area contributed by atoms with E-state index in [1.165, 1.54) is 17.4 Å². The molecule has 0 atom stereocenters. The van der Waals surface area contributed by atoms with Crippen molar-refractivity contribution < 1.29 is 9.53 Å². The van der Waals surface area contributed by atoms with Crippen molar-refractivity contribution in [2.24, 2.45) is 0 Å². The first-order valence-corrected chi connectivity index (χ1v) is 7.01. The molecule has 0 aliphatic rings. The van der Waals surface area contributed by atoms with E-state index in [2.05, 4.69) is 15.9 Å². The molecule has 2 N–H and O–H groups in total. The molecule has 0 fully saturated rings. The molecule has 0 saturated heterocycles. The number of hydrogen-bond acceptors (Lipinski definition) is 4. The average molecular weight is 347 g/mol. The Balaban J connectivity index is 2.03. The van der Waals surface area contributed by atoms with Gasteiger partial charge in [0.25, 0.3) is 0 Å². The van der Waals surface area contributed by atoms with Crippen LogP contribution in [0.15, 0.2) is 34.1 Å². The summed E-state index contributed by atoms with van der Waals surface area (Å²) in [7, 11) is 0. The van der Waals surface area contributed by atoms with E-state index in [4.69, 9.17) is 22.1 Å². The van der Waals surface area contributed by atoms with Crippen molar-refractivity contribution in [2.75, 3.05) is 5.73 Å². The lowest BCUT2D eigenvalue weighted by Crippen LogP contribution is -2.05. The van der Waals surface area contributed by atoms with Crippen LogP contribution in [0.4, 0.5) is 5.69 Å². The van der Waals surface area contributed by atoms with E-state index in [1.807, 2.05) is 12.1 Å². The van der Waals surface area contributed by atoms with Crippen LogP contribution < -0.4 is 5.73 Å². The number of benzene rings is 1. The maximum atomic E-state index is 11.8. The molecule has 1 aromatic heterocycles. The number of nitrogen functional groups attached to an aromatic ring is 1. The van der Waals surface area contributed by atoms with Crippen molar-refractivity contribution in [3.63, 3.8) is 0 Å². The van der Waals surface area contributed by atoms with Gasteiger partial charge in [-0.15, -0.1) is 11.3 Å². The Hall–Kier alpha value is -1.04. The van der Waals surface area contributed by atoms with Crippen molar-refractivity contribution >= 4 is 50.5 Å². The van der Waals surface area contributed by atoms with Crippen LogP contribution in [-0.4, -0.2) is 5.97 Å². The van der Waals surface area contributed by atoms with Crippen LogP contribution in [0.1, 0.15) is 15.2 Å². The Labute approximate surface area is 122 Å². The second kappa shape index (κ2) is 5.73. The van der Waals surface area contributed by atoms with E-state index >= 15 is 0 Å². The maximum Gasteiger partial charge on any atom is 0.338 e. The predicted octanol–water partition coefficient (Wildman–Crippen LogP) is 4.10. The van der Waals surface area contributed by atoms with E-state index in [0.717, 1.165) is 8.66 Å². The maximum absolute atomic E-state index is 11.8. The summed E-state index contributed by atoms with van der Waals surface area (Å²) >= 11 is 10.7. The molecule has 94 valence electrons. The molecule has 0 spiro atoms. The zero-order valence-electron chi connectivity index (χ0n) is 9.15. The van der Waals surface area contributed by atoms with Gasteiger partial charge in [0, 0.05) is 15.6 Å². The van der Waals surface area contributed by atoms with Gasteiger partial charge in [0.1, 0.15) is 6.61 Å². The second-order valence-corrected chi connectivity index (χ2v) is 6.54. The Morgan fingerprint density at radius 1 is 1.39 bits per heavy atom.